The molecule has 0 aliphatic rings. The monoisotopic (exact) mass is 237 g/mol. The highest BCUT2D eigenvalue weighted by molar-refractivity contribution is 5.76. The molecule has 94 valence electrons. The van der Waals surface area contributed by atoms with Gasteiger partial charge in [-0.15, -0.1) is 0 Å². The molecule has 4 N–H and O–H groups in total. The smallest absolute Gasteiger partial charge is 0.224 e. The van der Waals surface area contributed by atoms with E-state index >= 15 is 0 Å². The van der Waals surface area contributed by atoms with Gasteiger partial charge in [-0.05, 0) is 19.4 Å². The number of nitrogens with one attached hydrogen (secondary N) is 2. The van der Waals surface area contributed by atoms with Crippen molar-refractivity contribution in [3.05, 3.63) is 12.3 Å². The largest absolute Gasteiger partial charge is 0.384 e. The Morgan fingerprint density at radius 1 is 1.59 bits per heavy atom. The fraction of sp³-hybridized carbons (Fsp3) is 0.545. The van der Waals surface area contributed by atoms with Crippen LogP contribution in [0.1, 0.15) is 26.7 Å². The zero-order valence-electron chi connectivity index (χ0n) is 10.2. The van der Waals surface area contributed by atoms with Gasteiger partial charge in [-0.1, -0.05) is 6.92 Å². The number of nitrogens with zero attached hydrogens (tertiary/aromatic N) is 2. The second kappa shape index (κ2) is 6.67. The summed E-state index contributed by atoms with van der Waals surface area (Å²) in [5.41, 5.74) is 5.50. The molecule has 6 nitrogen and oxygen atoms in total. The Morgan fingerprint density at radius 3 is 3.00 bits per heavy atom. The topological polar surface area (TPSA) is 92.9 Å². The first-order valence-corrected chi connectivity index (χ1v) is 5.73. The number of rotatable bonds is 6. The van der Waals surface area contributed by atoms with Gasteiger partial charge in [-0.2, -0.15) is 4.98 Å². The first kappa shape index (κ1) is 13.2. The summed E-state index contributed by atoms with van der Waals surface area (Å²) in [6, 6.07) is 1.83. The number of amides is 1. The minimum atomic E-state index is 0.0238. The molecule has 1 aromatic rings. The highest BCUT2D eigenvalue weighted by atomic mass is 16.1. The van der Waals surface area contributed by atoms with Crippen LogP contribution in [0.3, 0.4) is 0 Å². The molecule has 0 saturated heterocycles. The van der Waals surface area contributed by atoms with E-state index in [0.717, 1.165) is 6.42 Å². The van der Waals surface area contributed by atoms with E-state index in [1.165, 1.54) is 0 Å². The van der Waals surface area contributed by atoms with E-state index in [0.29, 0.717) is 24.7 Å². The fourth-order valence-corrected chi connectivity index (χ4v) is 1.19. The molecule has 1 heterocycles. The first-order chi connectivity index (χ1) is 8.11. The minimum Gasteiger partial charge on any atom is -0.384 e. The van der Waals surface area contributed by atoms with Crippen LogP contribution in [0.4, 0.5) is 11.8 Å². The Kier molecular flexibility index (Phi) is 5.19. The molecule has 0 bridgehead atoms. The Balaban J connectivity index is 2.26. The van der Waals surface area contributed by atoms with E-state index in [4.69, 9.17) is 5.73 Å². The van der Waals surface area contributed by atoms with Gasteiger partial charge in [0.25, 0.3) is 0 Å². The molecule has 1 atom stereocenters. The van der Waals surface area contributed by atoms with Crippen LogP contribution in [0.15, 0.2) is 12.3 Å². The lowest BCUT2D eigenvalue weighted by Gasteiger charge is -2.11. The van der Waals surface area contributed by atoms with E-state index in [9.17, 15) is 4.79 Å². The van der Waals surface area contributed by atoms with Crippen LogP contribution >= 0.6 is 0 Å². The Hall–Kier alpha value is -1.85. The molecule has 0 aromatic carbocycles. The number of carbonyl (C=O) groups is 1. The number of anilines is 2. The van der Waals surface area contributed by atoms with Gasteiger partial charge in [0.1, 0.15) is 5.82 Å². The van der Waals surface area contributed by atoms with Crippen molar-refractivity contribution in [1.29, 1.82) is 0 Å². The van der Waals surface area contributed by atoms with E-state index in [-0.39, 0.29) is 11.9 Å². The van der Waals surface area contributed by atoms with Gasteiger partial charge >= 0.3 is 0 Å². The van der Waals surface area contributed by atoms with Crippen LogP contribution in [0.2, 0.25) is 0 Å². The van der Waals surface area contributed by atoms with Gasteiger partial charge in [-0.25, -0.2) is 4.98 Å². The van der Waals surface area contributed by atoms with Crippen LogP contribution in [0.25, 0.3) is 0 Å². The summed E-state index contributed by atoms with van der Waals surface area (Å²) in [4.78, 5) is 19.4. The Bertz CT molecular complexity index is 369. The number of nitrogens with two attached hydrogens (primary N) is 1. The standard InChI is InChI=1S/C11H19N5O/c1-3-8(2)15-10(17)5-7-14-11-13-6-4-9(12)16-11/h4,6,8H,3,5,7H2,1-2H3,(H,15,17)(H3,12,13,14,16). The second-order valence-electron chi connectivity index (χ2n) is 3.86. The molecule has 0 spiro atoms. The van der Waals surface area contributed by atoms with Gasteiger partial charge in [0.05, 0.1) is 0 Å². The summed E-state index contributed by atoms with van der Waals surface area (Å²) in [6.07, 6.45) is 2.89. The summed E-state index contributed by atoms with van der Waals surface area (Å²) in [5, 5.41) is 5.83. The number of hydrogen-bond acceptors (Lipinski definition) is 5. The fourth-order valence-electron chi connectivity index (χ4n) is 1.19. The molecular formula is C11H19N5O. The van der Waals surface area contributed by atoms with Crippen LogP contribution in [0, 0.1) is 0 Å². The molecule has 0 saturated carbocycles. The molecule has 0 aliphatic heterocycles. The van der Waals surface area contributed by atoms with Crippen molar-refractivity contribution in [3.8, 4) is 0 Å². The molecule has 0 radical (unpaired) electrons. The van der Waals surface area contributed by atoms with Crippen molar-refractivity contribution in [3.63, 3.8) is 0 Å². The normalized spacial score (nSPS) is 11.9. The molecule has 1 unspecified atom stereocenters. The quantitative estimate of drug-likeness (QED) is 0.679. The van der Waals surface area contributed by atoms with Gasteiger partial charge in [0.2, 0.25) is 11.9 Å². The maximum atomic E-state index is 11.5. The van der Waals surface area contributed by atoms with Gasteiger partial charge in [0, 0.05) is 25.2 Å². The van der Waals surface area contributed by atoms with Crippen molar-refractivity contribution < 1.29 is 4.79 Å². The lowest BCUT2D eigenvalue weighted by molar-refractivity contribution is -0.121. The van der Waals surface area contributed by atoms with Gasteiger partial charge < -0.3 is 16.4 Å². The average Bonchev–Trinajstić information content (AvgIpc) is 2.29. The van der Waals surface area contributed by atoms with Crippen molar-refractivity contribution in [2.45, 2.75) is 32.7 Å². The molecule has 6 heteroatoms. The van der Waals surface area contributed by atoms with E-state index in [1.807, 2.05) is 13.8 Å². The molecule has 0 fully saturated rings. The molecule has 1 aromatic heterocycles. The summed E-state index contributed by atoms with van der Waals surface area (Å²) in [6.45, 7) is 4.50. The summed E-state index contributed by atoms with van der Waals surface area (Å²) in [5.74, 6) is 0.878. The highest BCUT2D eigenvalue weighted by Crippen LogP contribution is 2.00. The SMILES string of the molecule is CCC(C)NC(=O)CCNc1nccc(N)n1. The van der Waals surface area contributed by atoms with Crippen molar-refractivity contribution in [2.24, 2.45) is 0 Å². The highest BCUT2D eigenvalue weighted by Gasteiger charge is 2.05. The maximum absolute atomic E-state index is 11.5. The van der Waals surface area contributed by atoms with Crippen molar-refractivity contribution in [1.82, 2.24) is 15.3 Å². The number of aromatic nitrogens is 2. The van der Waals surface area contributed by atoms with Gasteiger partial charge in [0.15, 0.2) is 0 Å². The molecule has 1 rings (SSSR count). The molecule has 0 aliphatic carbocycles. The lowest BCUT2D eigenvalue weighted by atomic mass is 10.2. The van der Waals surface area contributed by atoms with Gasteiger partial charge in [-0.3, -0.25) is 4.79 Å². The van der Waals surface area contributed by atoms with E-state index in [1.54, 1.807) is 12.3 Å². The van der Waals surface area contributed by atoms with E-state index in [2.05, 4.69) is 20.6 Å². The predicted octanol–water partition coefficient (Wildman–Crippen LogP) is 0.775. The summed E-state index contributed by atoms with van der Waals surface area (Å²) >= 11 is 0. The third kappa shape index (κ3) is 5.14. The average molecular weight is 237 g/mol. The molecule has 17 heavy (non-hydrogen) atoms. The van der Waals surface area contributed by atoms with Crippen LogP contribution in [-0.4, -0.2) is 28.5 Å². The molecule has 1 amide bonds. The number of hydrogen-bond donors (Lipinski definition) is 3. The summed E-state index contributed by atoms with van der Waals surface area (Å²) in [7, 11) is 0. The maximum Gasteiger partial charge on any atom is 0.224 e. The number of carbonyl (C=O) groups excluding carboxylic acids is 1. The van der Waals surface area contributed by atoms with E-state index < -0.39 is 0 Å². The lowest BCUT2D eigenvalue weighted by Crippen LogP contribution is -2.33. The Labute approximate surface area is 101 Å². The zero-order valence-corrected chi connectivity index (χ0v) is 10.2. The third-order valence-corrected chi connectivity index (χ3v) is 2.33. The van der Waals surface area contributed by atoms with Crippen LogP contribution < -0.4 is 16.4 Å². The van der Waals surface area contributed by atoms with Crippen LogP contribution in [-0.2, 0) is 4.79 Å². The third-order valence-electron chi connectivity index (χ3n) is 2.33. The minimum absolute atomic E-state index is 0.0238. The van der Waals surface area contributed by atoms with Crippen molar-refractivity contribution in [2.75, 3.05) is 17.6 Å². The number of nitrogen functional groups attached to an aromatic ring is 1. The molecular weight excluding hydrogens is 218 g/mol. The Morgan fingerprint density at radius 2 is 2.35 bits per heavy atom. The van der Waals surface area contributed by atoms with Crippen LogP contribution in [0.5, 0.6) is 0 Å². The second-order valence-corrected chi connectivity index (χ2v) is 3.86. The van der Waals surface area contributed by atoms with Crippen molar-refractivity contribution >= 4 is 17.7 Å². The summed E-state index contributed by atoms with van der Waals surface area (Å²) < 4.78 is 0. The zero-order chi connectivity index (χ0) is 12.7. The first-order valence-electron chi connectivity index (χ1n) is 5.73. The predicted molar refractivity (Wildman–Crippen MR) is 67.4 cm³/mol.